The van der Waals surface area contributed by atoms with E-state index in [9.17, 15) is 18.0 Å². The Hall–Kier alpha value is -3.00. The minimum absolute atomic E-state index is 0.111. The van der Waals surface area contributed by atoms with Crippen molar-refractivity contribution in [3.8, 4) is 11.5 Å². The van der Waals surface area contributed by atoms with Gasteiger partial charge < -0.3 is 14.4 Å². The lowest BCUT2D eigenvalue weighted by atomic mass is 10.1. The Morgan fingerprint density at radius 2 is 1.65 bits per heavy atom. The maximum absolute atomic E-state index is 12.9. The summed E-state index contributed by atoms with van der Waals surface area (Å²) in [7, 11) is 3.12. The number of ether oxygens (including phenoxy) is 2. The summed E-state index contributed by atoms with van der Waals surface area (Å²) >= 11 is 0. The fourth-order valence-corrected chi connectivity index (χ4v) is 3.43. The summed E-state index contributed by atoms with van der Waals surface area (Å²) in [5.74, 6) is 1.16. The van der Waals surface area contributed by atoms with Gasteiger partial charge in [0.15, 0.2) is 0 Å². The lowest BCUT2D eigenvalue weighted by molar-refractivity contribution is -0.137. The number of methoxy groups -OCH3 is 2. The number of alkyl halides is 3. The minimum atomic E-state index is -4.35. The number of rotatable bonds is 6. The molecule has 0 N–H and O–H groups in total. The van der Waals surface area contributed by atoms with Crippen LogP contribution in [0.5, 0.6) is 11.5 Å². The van der Waals surface area contributed by atoms with Crippen LogP contribution in [0.4, 0.5) is 13.2 Å². The van der Waals surface area contributed by atoms with Crippen LogP contribution in [0.25, 0.3) is 6.08 Å². The summed E-state index contributed by atoms with van der Waals surface area (Å²) in [5, 5.41) is 0. The number of carbonyl (C=O) groups excluding carboxylic acids is 1. The highest BCUT2D eigenvalue weighted by molar-refractivity contribution is 5.92. The second kappa shape index (κ2) is 9.87. The largest absolute Gasteiger partial charge is 0.497 e. The molecular weight excluding hydrogens is 409 g/mol. The van der Waals surface area contributed by atoms with Gasteiger partial charge >= 0.3 is 6.18 Å². The molecule has 3 rings (SSSR count). The molecule has 0 spiro atoms. The van der Waals surface area contributed by atoms with Crippen LogP contribution in [0.3, 0.4) is 0 Å². The summed E-state index contributed by atoms with van der Waals surface area (Å²) in [6.45, 7) is 2.66. The van der Waals surface area contributed by atoms with Crippen LogP contribution in [0, 0.1) is 0 Å². The average molecular weight is 434 g/mol. The minimum Gasteiger partial charge on any atom is -0.497 e. The predicted molar refractivity (Wildman–Crippen MR) is 112 cm³/mol. The zero-order valence-electron chi connectivity index (χ0n) is 17.5. The van der Waals surface area contributed by atoms with E-state index < -0.39 is 11.7 Å². The van der Waals surface area contributed by atoms with Crippen molar-refractivity contribution < 1.29 is 27.4 Å². The zero-order valence-corrected chi connectivity index (χ0v) is 17.5. The molecule has 8 heteroatoms. The molecule has 0 atom stereocenters. The van der Waals surface area contributed by atoms with Gasteiger partial charge in [0.05, 0.1) is 19.8 Å². The van der Waals surface area contributed by atoms with Crippen LogP contribution in [0.1, 0.15) is 16.7 Å². The van der Waals surface area contributed by atoms with Crippen molar-refractivity contribution in [1.29, 1.82) is 0 Å². The van der Waals surface area contributed by atoms with E-state index in [1.54, 1.807) is 49.5 Å². The van der Waals surface area contributed by atoms with Gasteiger partial charge in [-0.1, -0.05) is 18.2 Å². The number of benzene rings is 2. The first kappa shape index (κ1) is 22.7. The molecule has 0 radical (unpaired) electrons. The third kappa shape index (κ3) is 6.24. The van der Waals surface area contributed by atoms with Crippen molar-refractivity contribution in [2.75, 3.05) is 40.4 Å². The Kier molecular flexibility index (Phi) is 7.22. The van der Waals surface area contributed by atoms with Crippen molar-refractivity contribution >= 4 is 12.0 Å². The molecule has 1 heterocycles. The molecule has 1 aliphatic heterocycles. The molecule has 0 bridgehead atoms. The second-order valence-electron chi connectivity index (χ2n) is 7.28. The van der Waals surface area contributed by atoms with Gasteiger partial charge in [-0.15, -0.1) is 0 Å². The number of amides is 1. The van der Waals surface area contributed by atoms with E-state index in [1.807, 2.05) is 0 Å². The van der Waals surface area contributed by atoms with Crippen LogP contribution in [-0.2, 0) is 17.5 Å². The standard InChI is InChI=1S/C23H25F3N2O3/c1-30-20-13-17(14-21(15-20)31-2)6-7-22(29)28-10-8-27(9-11-28)16-18-4-3-5-19(12-18)23(24,25)26/h3-7,12-15H,8-11,16H2,1-2H3/b7-6+. The summed E-state index contributed by atoms with van der Waals surface area (Å²) in [6, 6.07) is 10.7. The first-order valence-electron chi connectivity index (χ1n) is 9.87. The Morgan fingerprint density at radius 1 is 1.00 bits per heavy atom. The van der Waals surface area contributed by atoms with Gasteiger partial charge in [0.1, 0.15) is 11.5 Å². The van der Waals surface area contributed by atoms with Crippen LogP contribution in [0.2, 0.25) is 0 Å². The highest BCUT2D eigenvalue weighted by Crippen LogP contribution is 2.30. The first-order chi connectivity index (χ1) is 14.8. The van der Waals surface area contributed by atoms with E-state index in [0.29, 0.717) is 49.8 Å². The quantitative estimate of drug-likeness (QED) is 0.643. The van der Waals surface area contributed by atoms with E-state index in [4.69, 9.17) is 9.47 Å². The topological polar surface area (TPSA) is 42.0 Å². The highest BCUT2D eigenvalue weighted by Gasteiger charge is 2.30. The third-order valence-corrected chi connectivity index (χ3v) is 5.14. The number of halogens is 3. The summed E-state index contributed by atoms with van der Waals surface area (Å²) in [6.07, 6.45) is -1.13. The lowest BCUT2D eigenvalue weighted by Crippen LogP contribution is -2.47. The molecule has 1 aliphatic rings. The van der Waals surface area contributed by atoms with Crippen LogP contribution in [0.15, 0.2) is 48.5 Å². The molecule has 0 aliphatic carbocycles. The van der Waals surface area contributed by atoms with Crippen molar-refractivity contribution in [1.82, 2.24) is 9.80 Å². The molecule has 1 fully saturated rings. The summed E-state index contributed by atoms with van der Waals surface area (Å²) in [4.78, 5) is 16.3. The molecule has 31 heavy (non-hydrogen) atoms. The molecule has 2 aromatic rings. The molecule has 2 aromatic carbocycles. The Bertz CT molecular complexity index is 914. The van der Waals surface area contributed by atoms with Gasteiger partial charge in [-0.05, 0) is 35.4 Å². The molecule has 0 aromatic heterocycles. The van der Waals surface area contributed by atoms with Crippen molar-refractivity contribution in [3.05, 3.63) is 65.2 Å². The van der Waals surface area contributed by atoms with E-state index in [2.05, 4.69) is 4.90 Å². The highest BCUT2D eigenvalue weighted by atomic mass is 19.4. The number of nitrogens with zero attached hydrogens (tertiary/aromatic N) is 2. The van der Waals surface area contributed by atoms with Gasteiger partial charge in [0, 0.05) is 44.9 Å². The smallest absolute Gasteiger partial charge is 0.416 e. The monoisotopic (exact) mass is 434 g/mol. The second-order valence-corrected chi connectivity index (χ2v) is 7.28. The van der Waals surface area contributed by atoms with Crippen molar-refractivity contribution in [2.24, 2.45) is 0 Å². The van der Waals surface area contributed by atoms with Crippen molar-refractivity contribution in [2.45, 2.75) is 12.7 Å². The molecule has 5 nitrogen and oxygen atoms in total. The fourth-order valence-electron chi connectivity index (χ4n) is 3.43. The molecule has 166 valence electrons. The SMILES string of the molecule is COc1cc(/C=C/C(=O)N2CCN(Cc3cccc(C(F)(F)F)c3)CC2)cc(OC)c1. The van der Waals surface area contributed by atoms with E-state index >= 15 is 0 Å². The van der Waals surface area contributed by atoms with Gasteiger partial charge in [0.25, 0.3) is 0 Å². The van der Waals surface area contributed by atoms with Gasteiger partial charge in [-0.3, -0.25) is 9.69 Å². The number of carbonyl (C=O) groups is 1. The van der Waals surface area contributed by atoms with Crippen molar-refractivity contribution in [3.63, 3.8) is 0 Å². The van der Waals surface area contributed by atoms with Gasteiger partial charge in [-0.25, -0.2) is 0 Å². The maximum atomic E-state index is 12.9. The van der Waals surface area contributed by atoms with Gasteiger partial charge in [-0.2, -0.15) is 13.2 Å². The molecule has 0 saturated carbocycles. The molecule has 1 saturated heterocycles. The molecule has 0 unspecified atom stereocenters. The van der Waals surface area contributed by atoms with E-state index in [1.165, 1.54) is 18.2 Å². The van der Waals surface area contributed by atoms with E-state index in [-0.39, 0.29) is 5.91 Å². The van der Waals surface area contributed by atoms with Gasteiger partial charge in [0.2, 0.25) is 5.91 Å². The number of piperazine rings is 1. The van der Waals surface area contributed by atoms with E-state index in [0.717, 1.165) is 11.6 Å². The normalized spacial score (nSPS) is 15.3. The van der Waals surface area contributed by atoms with Crippen LogP contribution >= 0.6 is 0 Å². The predicted octanol–water partition coefficient (Wildman–Crippen LogP) is 4.08. The number of hydrogen-bond acceptors (Lipinski definition) is 4. The zero-order chi connectivity index (χ0) is 22.4. The van der Waals surface area contributed by atoms with Crippen LogP contribution < -0.4 is 9.47 Å². The number of hydrogen-bond donors (Lipinski definition) is 0. The molecule has 1 amide bonds. The van der Waals surface area contributed by atoms with Crippen LogP contribution in [-0.4, -0.2) is 56.1 Å². The Balaban J connectivity index is 1.55. The Labute approximate surface area is 179 Å². The maximum Gasteiger partial charge on any atom is 0.416 e. The first-order valence-corrected chi connectivity index (χ1v) is 9.87. The average Bonchev–Trinajstić information content (AvgIpc) is 2.77. The summed E-state index contributed by atoms with van der Waals surface area (Å²) in [5.41, 5.74) is 0.757. The lowest BCUT2D eigenvalue weighted by Gasteiger charge is -2.34. The fraction of sp³-hybridized carbons (Fsp3) is 0.348. The molecular formula is C23H25F3N2O3. The Morgan fingerprint density at radius 3 is 2.23 bits per heavy atom. The third-order valence-electron chi connectivity index (χ3n) is 5.14. The summed E-state index contributed by atoms with van der Waals surface area (Å²) < 4.78 is 49.1.